The van der Waals surface area contributed by atoms with Gasteiger partial charge in [-0.3, -0.25) is 15.0 Å². The number of rotatable bonds is 8. The van der Waals surface area contributed by atoms with Crippen LogP contribution in [0.4, 0.5) is 0 Å². The van der Waals surface area contributed by atoms with Crippen molar-refractivity contribution >= 4 is 12.4 Å². The van der Waals surface area contributed by atoms with Crippen molar-refractivity contribution in [1.29, 1.82) is 0 Å². The van der Waals surface area contributed by atoms with Gasteiger partial charge in [0.15, 0.2) is 0 Å². The van der Waals surface area contributed by atoms with E-state index in [1.165, 1.54) is 11.1 Å². The molecule has 0 amide bonds. The van der Waals surface area contributed by atoms with Crippen LogP contribution in [0.15, 0.2) is 61.1 Å². The van der Waals surface area contributed by atoms with Crippen molar-refractivity contribution < 1.29 is 0 Å². The van der Waals surface area contributed by atoms with Crippen molar-refractivity contribution in [2.45, 2.75) is 13.0 Å². The minimum atomic E-state index is 0. The molecule has 0 fully saturated rings. The molecule has 6 heteroatoms. The van der Waals surface area contributed by atoms with E-state index in [2.05, 4.69) is 44.3 Å². The van der Waals surface area contributed by atoms with Crippen molar-refractivity contribution in [1.82, 2.24) is 20.1 Å². The van der Waals surface area contributed by atoms with Crippen LogP contribution in [-0.4, -0.2) is 39.7 Å². The molecule has 0 saturated carbocycles. The molecule has 2 aromatic heterocycles. The largest absolute Gasteiger partial charge is 0.329 e. The minimum Gasteiger partial charge on any atom is -0.329 e. The number of H-pyrrole nitrogens is 1. The molecule has 0 aliphatic rings. The normalized spacial score (nSPS) is 10.6. The summed E-state index contributed by atoms with van der Waals surface area (Å²) in [6, 6.07) is 14.5. The first kappa shape index (κ1) is 19.1. The Morgan fingerprint density at radius 2 is 1.84 bits per heavy atom. The Labute approximate surface area is 154 Å². The molecule has 0 radical (unpaired) electrons. The zero-order chi connectivity index (χ0) is 16.6. The molecule has 2 heterocycles. The number of halogens is 1. The summed E-state index contributed by atoms with van der Waals surface area (Å²) in [5, 5.41) is 7.31. The third-order valence-corrected chi connectivity index (χ3v) is 4.07. The molecule has 0 spiro atoms. The predicted octanol–water partition coefficient (Wildman–Crippen LogP) is 2.90. The summed E-state index contributed by atoms with van der Waals surface area (Å²) in [6.07, 6.45) is 6.55. The average molecular weight is 358 g/mol. The fourth-order valence-electron chi connectivity index (χ4n) is 2.82. The van der Waals surface area contributed by atoms with E-state index >= 15 is 0 Å². The first-order valence-corrected chi connectivity index (χ1v) is 8.26. The SMILES string of the molecule is Cl.NCCN(CCc1ccccc1)Cc1cn[nH]c1-c1cccnc1. The second kappa shape index (κ2) is 9.93. The van der Waals surface area contributed by atoms with Crippen LogP contribution in [0.25, 0.3) is 11.3 Å². The van der Waals surface area contributed by atoms with Crippen molar-refractivity contribution in [2.75, 3.05) is 19.6 Å². The van der Waals surface area contributed by atoms with Crippen LogP contribution >= 0.6 is 12.4 Å². The summed E-state index contributed by atoms with van der Waals surface area (Å²) < 4.78 is 0. The van der Waals surface area contributed by atoms with Crippen LogP contribution < -0.4 is 5.73 Å². The molecule has 0 aliphatic heterocycles. The monoisotopic (exact) mass is 357 g/mol. The second-order valence-electron chi connectivity index (χ2n) is 5.81. The van der Waals surface area contributed by atoms with E-state index in [9.17, 15) is 0 Å². The molecule has 5 nitrogen and oxygen atoms in total. The number of pyridine rings is 1. The van der Waals surface area contributed by atoms with E-state index < -0.39 is 0 Å². The molecule has 3 N–H and O–H groups in total. The predicted molar refractivity (Wildman–Crippen MR) is 104 cm³/mol. The Morgan fingerprint density at radius 1 is 1.00 bits per heavy atom. The van der Waals surface area contributed by atoms with Gasteiger partial charge in [-0.15, -0.1) is 12.4 Å². The fraction of sp³-hybridized carbons (Fsp3) is 0.263. The molecule has 0 unspecified atom stereocenters. The van der Waals surface area contributed by atoms with Crippen LogP contribution in [0, 0.1) is 0 Å². The third kappa shape index (κ3) is 5.39. The molecule has 25 heavy (non-hydrogen) atoms. The van der Waals surface area contributed by atoms with Gasteiger partial charge >= 0.3 is 0 Å². The van der Waals surface area contributed by atoms with Crippen molar-refractivity contribution in [3.63, 3.8) is 0 Å². The Kier molecular flexibility index (Phi) is 7.60. The molecule has 0 aliphatic carbocycles. The smallest absolute Gasteiger partial charge is 0.0710 e. The van der Waals surface area contributed by atoms with Crippen LogP contribution in [0.1, 0.15) is 11.1 Å². The number of nitrogens with two attached hydrogens (primary N) is 1. The highest BCUT2D eigenvalue weighted by molar-refractivity contribution is 5.85. The third-order valence-electron chi connectivity index (χ3n) is 4.07. The van der Waals surface area contributed by atoms with Gasteiger partial charge in [0.1, 0.15) is 0 Å². The first-order valence-electron chi connectivity index (χ1n) is 8.26. The quantitative estimate of drug-likeness (QED) is 0.650. The second-order valence-corrected chi connectivity index (χ2v) is 5.81. The summed E-state index contributed by atoms with van der Waals surface area (Å²) in [7, 11) is 0. The van der Waals surface area contributed by atoms with Crippen LogP contribution in [0.2, 0.25) is 0 Å². The van der Waals surface area contributed by atoms with Gasteiger partial charge in [0.2, 0.25) is 0 Å². The van der Waals surface area contributed by atoms with E-state index in [1.54, 1.807) is 6.20 Å². The lowest BCUT2D eigenvalue weighted by molar-refractivity contribution is 0.277. The zero-order valence-corrected chi connectivity index (χ0v) is 15.0. The van der Waals surface area contributed by atoms with Crippen molar-refractivity contribution in [2.24, 2.45) is 5.73 Å². The molecule has 1 aromatic carbocycles. The maximum atomic E-state index is 5.80. The zero-order valence-electron chi connectivity index (χ0n) is 14.1. The van der Waals surface area contributed by atoms with Gasteiger partial charge in [0, 0.05) is 49.7 Å². The van der Waals surface area contributed by atoms with Crippen LogP contribution in [0.3, 0.4) is 0 Å². The number of benzene rings is 1. The van der Waals surface area contributed by atoms with Gasteiger partial charge in [0.25, 0.3) is 0 Å². The number of hydrogen-bond donors (Lipinski definition) is 2. The maximum Gasteiger partial charge on any atom is 0.0710 e. The summed E-state index contributed by atoms with van der Waals surface area (Å²) in [4.78, 5) is 6.56. The Morgan fingerprint density at radius 3 is 2.56 bits per heavy atom. The molecule has 132 valence electrons. The highest BCUT2D eigenvalue weighted by Gasteiger charge is 2.12. The highest BCUT2D eigenvalue weighted by atomic mass is 35.5. The lowest BCUT2D eigenvalue weighted by Crippen LogP contribution is -2.31. The van der Waals surface area contributed by atoms with Crippen molar-refractivity contribution in [3.8, 4) is 11.3 Å². The Hall–Kier alpha value is -2.21. The minimum absolute atomic E-state index is 0. The lowest BCUT2D eigenvalue weighted by atomic mass is 10.1. The van der Waals surface area contributed by atoms with Gasteiger partial charge in [0.05, 0.1) is 11.9 Å². The first-order chi connectivity index (χ1) is 11.9. The van der Waals surface area contributed by atoms with Gasteiger partial charge < -0.3 is 5.73 Å². The van der Waals surface area contributed by atoms with E-state index in [1.807, 2.05) is 30.6 Å². The van der Waals surface area contributed by atoms with Gasteiger partial charge in [-0.25, -0.2) is 0 Å². The molecular weight excluding hydrogens is 334 g/mol. The lowest BCUT2D eigenvalue weighted by Gasteiger charge is -2.21. The average Bonchev–Trinajstić information content (AvgIpc) is 3.10. The van der Waals surface area contributed by atoms with Crippen molar-refractivity contribution in [3.05, 3.63) is 72.2 Å². The number of aromatic nitrogens is 3. The van der Waals surface area contributed by atoms with Gasteiger partial charge in [-0.2, -0.15) is 5.10 Å². The van der Waals surface area contributed by atoms with Gasteiger partial charge in [-0.05, 0) is 24.1 Å². The number of nitrogens with zero attached hydrogens (tertiary/aromatic N) is 3. The number of nitrogens with one attached hydrogen (secondary N) is 1. The van der Waals surface area contributed by atoms with E-state index in [0.29, 0.717) is 6.54 Å². The fourth-order valence-corrected chi connectivity index (χ4v) is 2.82. The topological polar surface area (TPSA) is 70.8 Å². The maximum absolute atomic E-state index is 5.80. The molecule has 0 atom stereocenters. The summed E-state index contributed by atoms with van der Waals surface area (Å²) >= 11 is 0. The molecule has 0 saturated heterocycles. The molecule has 3 rings (SSSR count). The number of aromatic amines is 1. The van der Waals surface area contributed by atoms with Crippen LogP contribution in [-0.2, 0) is 13.0 Å². The van der Waals surface area contributed by atoms with E-state index in [4.69, 9.17) is 5.73 Å². The number of hydrogen-bond acceptors (Lipinski definition) is 4. The summed E-state index contributed by atoms with van der Waals surface area (Å²) in [5.41, 5.74) is 10.4. The van der Waals surface area contributed by atoms with Gasteiger partial charge in [-0.1, -0.05) is 30.3 Å². The Bertz CT molecular complexity index is 730. The summed E-state index contributed by atoms with van der Waals surface area (Å²) in [5.74, 6) is 0. The highest BCUT2D eigenvalue weighted by Crippen LogP contribution is 2.21. The summed E-state index contributed by atoms with van der Waals surface area (Å²) in [6.45, 7) is 3.31. The molecular formula is C19H24ClN5. The standard InChI is InChI=1S/C19H23N5.ClH/c20-9-12-24(11-8-16-5-2-1-3-6-16)15-18-14-22-23-19(18)17-7-4-10-21-13-17;/h1-7,10,13-14H,8-9,11-12,15,20H2,(H,22,23);1H. The van der Waals surface area contributed by atoms with Crippen LogP contribution in [0.5, 0.6) is 0 Å². The Balaban J connectivity index is 0.00000225. The molecule has 0 bridgehead atoms. The molecule has 3 aromatic rings. The van der Waals surface area contributed by atoms with E-state index in [-0.39, 0.29) is 12.4 Å². The van der Waals surface area contributed by atoms with E-state index in [0.717, 1.165) is 37.3 Å².